The van der Waals surface area contributed by atoms with E-state index in [1.165, 1.54) is 31.4 Å². The summed E-state index contributed by atoms with van der Waals surface area (Å²) < 4.78 is 31.7. The Morgan fingerprint density at radius 3 is 2.41 bits per heavy atom. The molecule has 0 aliphatic rings. The van der Waals surface area contributed by atoms with Crippen molar-refractivity contribution in [3.63, 3.8) is 0 Å². The van der Waals surface area contributed by atoms with E-state index in [9.17, 15) is 13.6 Å². The van der Waals surface area contributed by atoms with E-state index in [1.807, 2.05) is 0 Å². The van der Waals surface area contributed by atoms with Crippen LogP contribution in [-0.2, 0) is 4.79 Å². The molecule has 0 amide bonds. The molecule has 1 N–H and O–H groups in total. The molecule has 1 aromatic rings. The Morgan fingerprint density at radius 2 is 1.77 bits per heavy atom. The first kappa shape index (κ1) is 18.4. The first-order valence-corrected chi connectivity index (χ1v) is 7.89. The summed E-state index contributed by atoms with van der Waals surface area (Å²) in [6, 6.07) is 3.49. The molecule has 1 aromatic carbocycles. The molecule has 0 aromatic heterocycles. The second-order valence-corrected chi connectivity index (χ2v) is 5.41. The van der Waals surface area contributed by atoms with Crippen LogP contribution in [0.1, 0.15) is 58.3 Å². The van der Waals surface area contributed by atoms with Gasteiger partial charge in [-0.2, -0.15) is 4.39 Å². The average molecular weight is 314 g/mol. The van der Waals surface area contributed by atoms with Crippen molar-refractivity contribution in [2.24, 2.45) is 0 Å². The summed E-state index contributed by atoms with van der Waals surface area (Å²) in [6.45, 7) is 2.15. The maximum Gasteiger partial charge on any atom is 0.344 e. The Balaban J connectivity index is 2.39. The van der Waals surface area contributed by atoms with Crippen LogP contribution in [0.3, 0.4) is 0 Å². The quantitative estimate of drug-likeness (QED) is 0.589. The molecule has 0 radical (unpaired) electrons. The topological polar surface area (TPSA) is 46.5 Å². The zero-order valence-corrected chi connectivity index (χ0v) is 13.0. The van der Waals surface area contributed by atoms with Gasteiger partial charge in [-0.25, -0.2) is 9.18 Å². The molecule has 124 valence electrons. The van der Waals surface area contributed by atoms with E-state index in [4.69, 9.17) is 9.84 Å². The van der Waals surface area contributed by atoms with Crippen molar-refractivity contribution in [3.05, 3.63) is 29.8 Å². The second-order valence-electron chi connectivity index (χ2n) is 5.41. The minimum Gasteiger partial charge on any atom is -0.479 e. The lowest BCUT2D eigenvalue weighted by atomic mass is 10.1. The van der Waals surface area contributed by atoms with Gasteiger partial charge in [0.2, 0.25) is 5.82 Å². The molecule has 0 heterocycles. The third-order valence-electron chi connectivity index (χ3n) is 3.53. The summed E-state index contributed by atoms with van der Waals surface area (Å²) in [5, 5.41) is 9.13. The lowest BCUT2D eigenvalue weighted by molar-refractivity contribution is -0.145. The number of unbranched alkanes of at least 4 members (excludes halogenated alkanes) is 6. The van der Waals surface area contributed by atoms with Gasteiger partial charge in [0, 0.05) is 0 Å². The van der Waals surface area contributed by atoms with Crippen molar-refractivity contribution in [2.45, 2.75) is 64.4 Å². The number of hydrogen-bond donors (Lipinski definition) is 1. The fourth-order valence-corrected chi connectivity index (χ4v) is 2.25. The van der Waals surface area contributed by atoms with Gasteiger partial charge in [-0.1, -0.05) is 51.5 Å². The summed E-state index contributed by atoms with van der Waals surface area (Å²) in [5.41, 5.74) is 0. The number of benzene rings is 1. The highest BCUT2D eigenvalue weighted by Gasteiger charge is 2.21. The molecule has 22 heavy (non-hydrogen) atoms. The van der Waals surface area contributed by atoms with Gasteiger partial charge in [-0.15, -0.1) is 0 Å². The molecule has 0 spiro atoms. The normalized spacial score (nSPS) is 12.1. The van der Waals surface area contributed by atoms with Gasteiger partial charge in [0.1, 0.15) is 0 Å². The summed E-state index contributed by atoms with van der Waals surface area (Å²) in [4.78, 5) is 11.2. The standard InChI is InChI=1S/C17H24F2O3/c1-2-3-4-5-6-7-8-11-15(17(20)21)22-14-12-9-10-13(18)16(14)19/h9-10,12,15H,2-8,11H2,1H3,(H,20,21). The first-order valence-electron chi connectivity index (χ1n) is 7.89. The van der Waals surface area contributed by atoms with E-state index in [2.05, 4.69) is 6.92 Å². The summed E-state index contributed by atoms with van der Waals surface area (Å²) in [6.07, 6.45) is 6.57. The van der Waals surface area contributed by atoms with Gasteiger partial charge in [-0.3, -0.25) is 0 Å². The molecule has 0 aliphatic carbocycles. The molecule has 1 rings (SSSR count). The van der Waals surface area contributed by atoms with Gasteiger partial charge in [0.25, 0.3) is 0 Å². The number of carboxylic acid groups (broad SMARTS) is 1. The number of aliphatic carboxylic acids is 1. The van der Waals surface area contributed by atoms with Gasteiger partial charge in [-0.05, 0) is 25.0 Å². The molecular formula is C17H24F2O3. The predicted octanol–water partition coefficient (Wildman–Crippen LogP) is 4.94. The van der Waals surface area contributed by atoms with E-state index in [0.717, 1.165) is 25.3 Å². The number of rotatable bonds is 11. The van der Waals surface area contributed by atoms with Crippen molar-refractivity contribution in [2.75, 3.05) is 0 Å². The minimum atomic E-state index is -1.16. The molecular weight excluding hydrogens is 290 g/mol. The Bertz CT molecular complexity index is 463. The van der Waals surface area contributed by atoms with Crippen molar-refractivity contribution >= 4 is 5.97 Å². The summed E-state index contributed by atoms with van der Waals surface area (Å²) >= 11 is 0. The predicted molar refractivity (Wildman–Crippen MR) is 81.0 cm³/mol. The molecule has 5 heteroatoms. The first-order chi connectivity index (χ1) is 10.6. The van der Waals surface area contributed by atoms with Crippen molar-refractivity contribution in [1.29, 1.82) is 0 Å². The van der Waals surface area contributed by atoms with Crippen LogP contribution in [0.4, 0.5) is 8.78 Å². The van der Waals surface area contributed by atoms with Gasteiger partial charge >= 0.3 is 5.97 Å². The van der Waals surface area contributed by atoms with Gasteiger partial charge < -0.3 is 9.84 Å². The van der Waals surface area contributed by atoms with Crippen LogP contribution < -0.4 is 4.74 Å². The van der Waals surface area contributed by atoms with Gasteiger partial charge in [0.05, 0.1) is 0 Å². The Hall–Kier alpha value is -1.65. The highest BCUT2D eigenvalue weighted by molar-refractivity contribution is 5.72. The van der Waals surface area contributed by atoms with Crippen molar-refractivity contribution in [1.82, 2.24) is 0 Å². The fourth-order valence-electron chi connectivity index (χ4n) is 2.25. The van der Waals surface area contributed by atoms with Crippen LogP contribution in [-0.4, -0.2) is 17.2 Å². The monoisotopic (exact) mass is 314 g/mol. The number of hydrogen-bond acceptors (Lipinski definition) is 2. The van der Waals surface area contributed by atoms with Crippen molar-refractivity contribution < 1.29 is 23.4 Å². The third-order valence-corrected chi connectivity index (χ3v) is 3.53. The van der Waals surface area contributed by atoms with E-state index < -0.39 is 23.7 Å². The molecule has 1 unspecified atom stereocenters. The summed E-state index contributed by atoms with van der Waals surface area (Å²) in [7, 11) is 0. The molecule has 0 aliphatic heterocycles. The average Bonchev–Trinajstić information content (AvgIpc) is 2.49. The Morgan fingerprint density at radius 1 is 1.14 bits per heavy atom. The van der Waals surface area contributed by atoms with Crippen LogP contribution >= 0.6 is 0 Å². The van der Waals surface area contributed by atoms with Crippen molar-refractivity contribution in [3.8, 4) is 5.75 Å². The van der Waals surface area contributed by atoms with E-state index >= 15 is 0 Å². The lowest BCUT2D eigenvalue weighted by Crippen LogP contribution is -2.27. The molecule has 0 fully saturated rings. The Labute approximate surface area is 130 Å². The van der Waals surface area contributed by atoms with Crippen LogP contribution in [0.5, 0.6) is 5.75 Å². The highest BCUT2D eigenvalue weighted by atomic mass is 19.2. The molecule has 0 saturated heterocycles. The molecule has 0 saturated carbocycles. The second kappa shape index (κ2) is 10.1. The number of halogens is 2. The highest BCUT2D eigenvalue weighted by Crippen LogP contribution is 2.22. The summed E-state index contributed by atoms with van der Waals surface area (Å²) in [5.74, 6) is -3.70. The number of ether oxygens (including phenoxy) is 1. The number of carbonyl (C=O) groups is 1. The fraction of sp³-hybridized carbons (Fsp3) is 0.588. The number of carboxylic acids is 1. The SMILES string of the molecule is CCCCCCCCCC(Oc1cccc(F)c1F)C(=O)O. The Kier molecular flexibility index (Phi) is 8.48. The third kappa shape index (κ3) is 6.41. The molecule has 0 bridgehead atoms. The maximum absolute atomic E-state index is 13.5. The van der Waals surface area contributed by atoms with Crippen LogP contribution in [0.25, 0.3) is 0 Å². The van der Waals surface area contributed by atoms with Crippen LogP contribution in [0.15, 0.2) is 18.2 Å². The van der Waals surface area contributed by atoms with E-state index in [0.29, 0.717) is 12.8 Å². The van der Waals surface area contributed by atoms with Gasteiger partial charge in [0.15, 0.2) is 17.7 Å². The van der Waals surface area contributed by atoms with Crippen LogP contribution in [0, 0.1) is 11.6 Å². The minimum absolute atomic E-state index is 0.291. The van der Waals surface area contributed by atoms with E-state index in [1.54, 1.807) is 0 Å². The zero-order chi connectivity index (χ0) is 16.4. The smallest absolute Gasteiger partial charge is 0.344 e. The van der Waals surface area contributed by atoms with Crippen LogP contribution in [0.2, 0.25) is 0 Å². The van der Waals surface area contributed by atoms with E-state index in [-0.39, 0.29) is 5.75 Å². The molecule has 3 nitrogen and oxygen atoms in total. The lowest BCUT2D eigenvalue weighted by Gasteiger charge is -2.15. The molecule has 1 atom stereocenters. The largest absolute Gasteiger partial charge is 0.479 e. The maximum atomic E-state index is 13.5. The zero-order valence-electron chi connectivity index (χ0n) is 13.0.